The molecule has 244 valence electrons. The molecule has 0 saturated carbocycles. The van der Waals surface area contributed by atoms with E-state index in [-0.39, 0.29) is 0 Å². The highest BCUT2D eigenvalue weighted by Crippen LogP contribution is 2.42. The maximum atomic E-state index is 2.37. The summed E-state index contributed by atoms with van der Waals surface area (Å²) in [5.41, 5.74) is 10.6. The Hall–Kier alpha value is -6.48. The van der Waals surface area contributed by atoms with Crippen molar-refractivity contribution in [2.75, 3.05) is 4.90 Å². The Morgan fingerprint density at radius 3 is 1.65 bits per heavy atom. The van der Waals surface area contributed by atoms with Crippen LogP contribution in [0.4, 0.5) is 17.1 Å². The number of thiophene rings is 1. The maximum absolute atomic E-state index is 2.37. The van der Waals surface area contributed by atoms with Gasteiger partial charge in [0.1, 0.15) is 0 Å². The van der Waals surface area contributed by atoms with E-state index in [0.717, 1.165) is 17.1 Å². The molecule has 0 N–H and O–H groups in total. The molecule has 0 atom stereocenters. The molecular formula is C50H33NS. The minimum absolute atomic E-state index is 1.11. The lowest BCUT2D eigenvalue weighted by molar-refractivity contribution is 1.28. The molecule has 1 nitrogen and oxygen atoms in total. The molecule has 0 aliphatic carbocycles. The van der Waals surface area contributed by atoms with E-state index < -0.39 is 0 Å². The van der Waals surface area contributed by atoms with Gasteiger partial charge in [0.15, 0.2) is 0 Å². The van der Waals surface area contributed by atoms with Crippen LogP contribution in [-0.4, -0.2) is 0 Å². The summed E-state index contributed by atoms with van der Waals surface area (Å²) < 4.78 is 2.65. The Kier molecular flexibility index (Phi) is 7.41. The van der Waals surface area contributed by atoms with Gasteiger partial charge in [-0.1, -0.05) is 152 Å². The number of hydrogen-bond donors (Lipinski definition) is 0. The molecular weight excluding hydrogens is 647 g/mol. The molecule has 52 heavy (non-hydrogen) atoms. The van der Waals surface area contributed by atoms with Gasteiger partial charge in [-0.2, -0.15) is 0 Å². The zero-order chi connectivity index (χ0) is 34.4. The van der Waals surface area contributed by atoms with Gasteiger partial charge >= 0.3 is 0 Å². The first-order valence-electron chi connectivity index (χ1n) is 17.8. The summed E-state index contributed by atoms with van der Waals surface area (Å²) in [5, 5.41) is 7.81. The highest BCUT2D eigenvalue weighted by atomic mass is 32.1. The molecule has 0 bridgehead atoms. The summed E-state index contributed by atoms with van der Waals surface area (Å²) in [6, 6.07) is 72.8. The fourth-order valence-corrected chi connectivity index (χ4v) is 8.86. The summed E-state index contributed by atoms with van der Waals surface area (Å²) in [4.78, 5) is 2.37. The molecule has 0 spiro atoms. The van der Waals surface area contributed by atoms with Crippen LogP contribution in [0.2, 0.25) is 0 Å². The van der Waals surface area contributed by atoms with E-state index in [9.17, 15) is 0 Å². The molecule has 1 aromatic heterocycles. The van der Waals surface area contributed by atoms with Crippen molar-refractivity contribution in [2.24, 2.45) is 0 Å². The average molecular weight is 680 g/mol. The Morgan fingerprint density at radius 2 is 0.885 bits per heavy atom. The van der Waals surface area contributed by atoms with Crippen molar-refractivity contribution in [1.29, 1.82) is 0 Å². The van der Waals surface area contributed by atoms with Gasteiger partial charge in [-0.15, -0.1) is 11.3 Å². The number of hydrogen-bond acceptors (Lipinski definition) is 2. The van der Waals surface area contributed by atoms with Crippen LogP contribution in [0.15, 0.2) is 200 Å². The summed E-state index contributed by atoms with van der Waals surface area (Å²) in [6.07, 6.45) is 0. The Bertz CT molecular complexity index is 2880. The van der Waals surface area contributed by atoms with E-state index in [4.69, 9.17) is 0 Å². The first-order valence-corrected chi connectivity index (χ1v) is 18.6. The Labute approximate surface area is 307 Å². The lowest BCUT2D eigenvalue weighted by Crippen LogP contribution is -2.10. The normalized spacial score (nSPS) is 11.5. The van der Waals surface area contributed by atoms with E-state index in [0.29, 0.717) is 0 Å². The molecule has 0 aliphatic rings. The van der Waals surface area contributed by atoms with Crippen LogP contribution in [0.25, 0.3) is 75.1 Å². The molecule has 0 unspecified atom stereocenters. The summed E-state index contributed by atoms with van der Waals surface area (Å²) in [6.45, 7) is 0. The standard InChI is InChI=1S/C50H33NS/c1-2-10-34(11-3-1)35-20-26-41(27-21-35)51(43-16-8-15-40(32-43)45-19-9-14-37-12-4-6-17-44(37)45)42-28-22-36(23-29-42)39-24-30-47-49(33-39)52-48-31-25-38-13-5-7-18-46(38)50(47)48/h1-33H. The second-order valence-corrected chi connectivity index (χ2v) is 14.4. The number of benzene rings is 9. The van der Waals surface area contributed by atoms with Crippen molar-refractivity contribution in [3.63, 3.8) is 0 Å². The van der Waals surface area contributed by atoms with Gasteiger partial charge < -0.3 is 4.90 Å². The van der Waals surface area contributed by atoms with E-state index in [2.05, 4.69) is 205 Å². The molecule has 0 radical (unpaired) electrons. The van der Waals surface area contributed by atoms with Crippen LogP contribution >= 0.6 is 11.3 Å². The van der Waals surface area contributed by atoms with E-state index >= 15 is 0 Å². The average Bonchev–Trinajstić information content (AvgIpc) is 3.60. The molecule has 0 amide bonds. The lowest BCUT2D eigenvalue weighted by Gasteiger charge is -2.26. The quantitative estimate of drug-likeness (QED) is 0.169. The van der Waals surface area contributed by atoms with Crippen LogP contribution < -0.4 is 4.90 Å². The SMILES string of the molecule is c1ccc(-c2ccc(N(c3ccc(-c4ccc5c(c4)sc4ccc6ccccc6c45)cc3)c3cccc(-c4cccc5ccccc45)c3)cc2)cc1. The van der Waals surface area contributed by atoms with Crippen molar-refractivity contribution in [3.05, 3.63) is 200 Å². The van der Waals surface area contributed by atoms with Crippen molar-refractivity contribution in [3.8, 4) is 33.4 Å². The first-order chi connectivity index (χ1) is 25.8. The predicted molar refractivity (Wildman–Crippen MR) is 225 cm³/mol. The third kappa shape index (κ3) is 5.33. The van der Waals surface area contributed by atoms with E-state index in [1.807, 2.05) is 11.3 Å². The third-order valence-electron chi connectivity index (χ3n) is 10.3. The Balaban J connectivity index is 1.06. The molecule has 0 aliphatic heterocycles. The van der Waals surface area contributed by atoms with Crippen LogP contribution in [0.3, 0.4) is 0 Å². The van der Waals surface area contributed by atoms with Crippen LogP contribution in [0.5, 0.6) is 0 Å². The monoisotopic (exact) mass is 679 g/mol. The summed E-state index contributed by atoms with van der Waals surface area (Å²) >= 11 is 1.88. The topological polar surface area (TPSA) is 3.24 Å². The lowest BCUT2D eigenvalue weighted by atomic mass is 9.97. The van der Waals surface area contributed by atoms with Gasteiger partial charge in [-0.05, 0) is 103 Å². The van der Waals surface area contributed by atoms with Crippen molar-refractivity contribution >= 4 is 70.1 Å². The van der Waals surface area contributed by atoms with Gasteiger partial charge in [-0.3, -0.25) is 0 Å². The van der Waals surface area contributed by atoms with Crippen LogP contribution in [-0.2, 0) is 0 Å². The zero-order valence-corrected chi connectivity index (χ0v) is 29.2. The number of nitrogens with zero attached hydrogens (tertiary/aromatic N) is 1. The van der Waals surface area contributed by atoms with Crippen LogP contribution in [0.1, 0.15) is 0 Å². The highest BCUT2D eigenvalue weighted by Gasteiger charge is 2.16. The van der Waals surface area contributed by atoms with Crippen molar-refractivity contribution in [2.45, 2.75) is 0 Å². The number of rotatable bonds is 6. The van der Waals surface area contributed by atoms with Crippen LogP contribution in [0, 0.1) is 0 Å². The molecule has 10 aromatic rings. The van der Waals surface area contributed by atoms with Crippen molar-refractivity contribution < 1.29 is 0 Å². The van der Waals surface area contributed by atoms with E-state index in [1.54, 1.807) is 0 Å². The highest BCUT2D eigenvalue weighted by molar-refractivity contribution is 7.26. The summed E-state index contributed by atoms with van der Waals surface area (Å²) in [7, 11) is 0. The van der Waals surface area contributed by atoms with Gasteiger partial charge in [0.25, 0.3) is 0 Å². The molecule has 9 aromatic carbocycles. The van der Waals surface area contributed by atoms with Gasteiger partial charge in [0, 0.05) is 37.2 Å². The summed E-state index contributed by atoms with van der Waals surface area (Å²) in [5.74, 6) is 0. The fraction of sp³-hybridized carbons (Fsp3) is 0. The van der Waals surface area contributed by atoms with Crippen molar-refractivity contribution in [1.82, 2.24) is 0 Å². The number of fused-ring (bicyclic) bond motifs is 6. The van der Waals surface area contributed by atoms with Gasteiger partial charge in [0.05, 0.1) is 0 Å². The predicted octanol–water partition coefficient (Wildman–Crippen LogP) is 14.8. The van der Waals surface area contributed by atoms with Gasteiger partial charge in [-0.25, -0.2) is 0 Å². The van der Waals surface area contributed by atoms with Gasteiger partial charge in [0.2, 0.25) is 0 Å². The number of anilines is 3. The fourth-order valence-electron chi connectivity index (χ4n) is 7.70. The third-order valence-corrected chi connectivity index (χ3v) is 11.4. The first kappa shape index (κ1) is 30.4. The largest absolute Gasteiger partial charge is 0.310 e. The minimum Gasteiger partial charge on any atom is -0.310 e. The minimum atomic E-state index is 1.11. The smallest absolute Gasteiger partial charge is 0.0467 e. The molecule has 1 heterocycles. The second kappa shape index (κ2) is 12.7. The Morgan fingerprint density at radius 1 is 0.308 bits per heavy atom. The molecule has 0 saturated heterocycles. The second-order valence-electron chi connectivity index (χ2n) is 13.3. The van der Waals surface area contributed by atoms with E-state index in [1.165, 1.54) is 75.1 Å². The molecule has 10 rings (SSSR count). The molecule has 2 heteroatoms. The maximum Gasteiger partial charge on any atom is 0.0467 e. The molecule has 0 fully saturated rings. The zero-order valence-electron chi connectivity index (χ0n) is 28.4.